The van der Waals surface area contributed by atoms with Gasteiger partial charge < -0.3 is 4.90 Å². The smallest absolute Gasteiger partial charge is 0.162 e. The van der Waals surface area contributed by atoms with Crippen LogP contribution in [0.15, 0.2) is 35.6 Å². The van der Waals surface area contributed by atoms with Crippen LogP contribution in [0.5, 0.6) is 0 Å². The number of nitrogens with zero attached hydrogens (tertiary/aromatic N) is 4. The van der Waals surface area contributed by atoms with E-state index in [2.05, 4.69) is 44.1 Å². The van der Waals surface area contributed by atoms with Gasteiger partial charge in [0.05, 0.1) is 5.69 Å². The lowest BCUT2D eigenvalue weighted by atomic mass is 10.2. The number of hydrogen-bond donors (Lipinski definition) is 0. The number of anilines is 2. The Bertz CT molecular complexity index is 634. The predicted molar refractivity (Wildman–Crippen MR) is 77.7 cm³/mol. The van der Waals surface area contributed by atoms with Crippen LogP contribution in [0, 0.1) is 6.92 Å². The number of aliphatic imine (C=N–C) groups is 1. The van der Waals surface area contributed by atoms with Crippen LogP contribution < -0.4 is 4.90 Å². The number of rotatable bonds is 2. The highest BCUT2D eigenvalue weighted by atomic mass is 15.2. The van der Waals surface area contributed by atoms with Crippen LogP contribution >= 0.6 is 0 Å². The summed E-state index contributed by atoms with van der Waals surface area (Å²) in [5, 5.41) is 0. The zero-order chi connectivity index (χ0) is 13.2. The van der Waals surface area contributed by atoms with E-state index in [0.29, 0.717) is 0 Å². The van der Waals surface area contributed by atoms with Crippen LogP contribution in [0.25, 0.3) is 0 Å². The molecule has 0 fully saturated rings. The first-order valence-corrected chi connectivity index (χ1v) is 6.47. The Morgan fingerprint density at radius 2 is 2.11 bits per heavy atom. The average Bonchev–Trinajstić information content (AvgIpc) is 2.85. The van der Waals surface area contributed by atoms with Gasteiger partial charge in [-0.2, -0.15) is 0 Å². The molecule has 0 N–H and O–H groups in total. The van der Waals surface area contributed by atoms with Crippen molar-refractivity contribution in [2.45, 2.75) is 20.3 Å². The molecule has 4 heteroatoms. The summed E-state index contributed by atoms with van der Waals surface area (Å²) in [5.74, 6) is 0.899. The van der Waals surface area contributed by atoms with Crippen LogP contribution in [0.4, 0.5) is 17.2 Å². The maximum atomic E-state index is 4.44. The molecule has 96 valence electrons. The Morgan fingerprint density at radius 3 is 2.95 bits per heavy atom. The molecule has 3 rings (SSSR count). The fraction of sp³-hybridized carbons (Fsp3) is 0.267. The molecular formula is C15H16N4. The van der Waals surface area contributed by atoms with Crippen molar-refractivity contribution >= 4 is 23.4 Å². The van der Waals surface area contributed by atoms with E-state index in [-0.39, 0.29) is 0 Å². The molecule has 0 unspecified atom stereocenters. The van der Waals surface area contributed by atoms with Gasteiger partial charge in [-0.25, -0.2) is 9.97 Å². The van der Waals surface area contributed by atoms with Crippen molar-refractivity contribution in [2.24, 2.45) is 4.99 Å². The Labute approximate surface area is 112 Å². The molecule has 1 aromatic heterocycles. The summed E-state index contributed by atoms with van der Waals surface area (Å²) in [6.45, 7) is 4.83. The fourth-order valence-corrected chi connectivity index (χ4v) is 2.49. The largest absolute Gasteiger partial charge is 0.324 e. The highest BCUT2D eigenvalue weighted by Crippen LogP contribution is 2.38. The van der Waals surface area contributed by atoms with Crippen LogP contribution in [0.1, 0.15) is 18.2 Å². The Balaban J connectivity index is 2.12. The number of fused-ring (bicyclic) bond motifs is 1. The van der Waals surface area contributed by atoms with Gasteiger partial charge in [-0.15, -0.1) is 0 Å². The minimum Gasteiger partial charge on any atom is -0.324 e. The Kier molecular flexibility index (Phi) is 2.99. The molecule has 0 radical (unpaired) electrons. The van der Waals surface area contributed by atoms with Crippen LogP contribution in [-0.2, 0) is 6.42 Å². The number of hydrogen-bond acceptors (Lipinski definition) is 4. The molecule has 0 amide bonds. The van der Waals surface area contributed by atoms with Gasteiger partial charge in [0.15, 0.2) is 5.82 Å². The first-order valence-electron chi connectivity index (χ1n) is 6.47. The van der Waals surface area contributed by atoms with Gasteiger partial charge in [0, 0.05) is 18.4 Å². The van der Waals surface area contributed by atoms with Crippen molar-refractivity contribution in [3.05, 3.63) is 41.9 Å². The van der Waals surface area contributed by atoms with Gasteiger partial charge in [-0.3, -0.25) is 4.99 Å². The van der Waals surface area contributed by atoms with Gasteiger partial charge in [0.1, 0.15) is 12.0 Å². The molecule has 0 aliphatic carbocycles. The van der Waals surface area contributed by atoms with Crippen molar-refractivity contribution in [2.75, 3.05) is 11.4 Å². The third kappa shape index (κ3) is 1.99. The number of para-hydroxylation sites is 1. The molecule has 0 spiro atoms. The lowest BCUT2D eigenvalue weighted by molar-refractivity contribution is 0.956. The van der Waals surface area contributed by atoms with E-state index in [9.17, 15) is 0 Å². The maximum Gasteiger partial charge on any atom is 0.162 e. The maximum absolute atomic E-state index is 4.44. The van der Waals surface area contributed by atoms with E-state index < -0.39 is 0 Å². The third-order valence-corrected chi connectivity index (χ3v) is 3.39. The Hall–Kier alpha value is -2.23. The zero-order valence-electron chi connectivity index (χ0n) is 11.2. The fourth-order valence-electron chi connectivity index (χ4n) is 2.49. The molecule has 1 aromatic carbocycles. The van der Waals surface area contributed by atoms with Crippen molar-refractivity contribution in [3.8, 4) is 0 Å². The number of benzene rings is 1. The second-order valence-electron chi connectivity index (χ2n) is 4.55. The van der Waals surface area contributed by atoms with Gasteiger partial charge in [0.2, 0.25) is 0 Å². The molecule has 2 heterocycles. The van der Waals surface area contributed by atoms with E-state index in [1.807, 2.05) is 13.8 Å². The normalized spacial score (nSPS) is 14.1. The lowest BCUT2D eigenvalue weighted by Gasteiger charge is -2.20. The van der Waals surface area contributed by atoms with E-state index in [1.165, 1.54) is 11.3 Å². The summed E-state index contributed by atoms with van der Waals surface area (Å²) in [5.41, 5.74) is 4.37. The predicted octanol–water partition coefficient (Wildman–Crippen LogP) is 3.20. The first-order chi connectivity index (χ1) is 9.31. The topological polar surface area (TPSA) is 41.4 Å². The molecule has 4 nitrogen and oxygen atoms in total. The second kappa shape index (κ2) is 4.80. The third-order valence-electron chi connectivity index (χ3n) is 3.39. The molecule has 1 aliphatic rings. The molecule has 0 saturated carbocycles. The summed E-state index contributed by atoms with van der Waals surface area (Å²) < 4.78 is 0. The lowest BCUT2D eigenvalue weighted by Crippen LogP contribution is -2.15. The highest BCUT2D eigenvalue weighted by Gasteiger charge is 2.23. The van der Waals surface area contributed by atoms with Crippen LogP contribution in [-0.4, -0.2) is 22.7 Å². The van der Waals surface area contributed by atoms with E-state index in [1.54, 1.807) is 12.5 Å². The van der Waals surface area contributed by atoms with Gasteiger partial charge in [0.25, 0.3) is 0 Å². The standard InChI is InChI=1S/C15H16N4/c1-3-16-14-11(2)17-10-18-15(14)19-9-8-12-6-4-5-7-13(12)19/h3-7,10H,8-9H2,1-2H3. The minimum atomic E-state index is 0.863. The van der Waals surface area contributed by atoms with Crippen molar-refractivity contribution in [1.82, 2.24) is 9.97 Å². The molecule has 19 heavy (non-hydrogen) atoms. The number of aryl methyl sites for hydroxylation is 1. The van der Waals surface area contributed by atoms with Crippen molar-refractivity contribution < 1.29 is 0 Å². The quantitative estimate of drug-likeness (QED) is 0.771. The van der Waals surface area contributed by atoms with Crippen molar-refractivity contribution in [1.29, 1.82) is 0 Å². The average molecular weight is 252 g/mol. The highest BCUT2D eigenvalue weighted by molar-refractivity contribution is 5.78. The monoisotopic (exact) mass is 252 g/mol. The van der Waals surface area contributed by atoms with Crippen LogP contribution in [0.3, 0.4) is 0 Å². The molecule has 2 aromatic rings. The SMILES string of the molecule is CC=Nc1c(C)ncnc1N1CCc2ccccc21. The van der Waals surface area contributed by atoms with Gasteiger partial charge >= 0.3 is 0 Å². The summed E-state index contributed by atoms with van der Waals surface area (Å²) in [6.07, 6.45) is 4.45. The van der Waals surface area contributed by atoms with Crippen molar-refractivity contribution in [3.63, 3.8) is 0 Å². The zero-order valence-corrected chi connectivity index (χ0v) is 11.2. The first kappa shape index (κ1) is 11.8. The molecule has 0 bridgehead atoms. The van der Waals surface area contributed by atoms with E-state index in [0.717, 1.165) is 30.2 Å². The minimum absolute atomic E-state index is 0.863. The van der Waals surface area contributed by atoms with E-state index >= 15 is 0 Å². The second-order valence-corrected chi connectivity index (χ2v) is 4.55. The van der Waals surface area contributed by atoms with Gasteiger partial charge in [-0.1, -0.05) is 18.2 Å². The van der Waals surface area contributed by atoms with E-state index in [4.69, 9.17) is 0 Å². The number of aromatic nitrogens is 2. The summed E-state index contributed by atoms with van der Waals surface area (Å²) in [7, 11) is 0. The summed E-state index contributed by atoms with van der Waals surface area (Å²) in [4.78, 5) is 15.3. The molecule has 0 saturated heterocycles. The summed E-state index contributed by atoms with van der Waals surface area (Å²) >= 11 is 0. The molecule has 0 atom stereocenters. The summed E-state index contributed by atoms with van der Waals surface area (Å²) in [6, 6.07) is 8.46. The van der Waals surface area contributed by atoms with Crippen LogP contribution in [0.2, 0.25) is 0 Å². The Morgan fingerprint density at radius 1 is 1.26 bits per heavy atom. The van der Waals surface area contributed by atoms with Gasteiger partial charge in [-0.05, 0) is 31.9 Å². The molecule has 1 aliphatic heterocycles. The molecular weight excluding hydrogens is 236 g/mol.